The largest absolute Gasteiger partial charge is 0.370 e. The Balaban J connectivity index is 1.15. The van der Waals surface area contributed by atoms with Crippen LogP contribution in [-0.4, -0.2) is 47.0 Å². The van der Waals surface area contributed by atoms with E-state index in [0.717, 1.165) is 48.3 Å². The fourth-order valence-electron chi connectivity index (χ4n) is 5.23. The number of hydrogen-bond donors (Lipinski definition) is 1. The van der Waals surface area contributed by atoms with Crippen molar-refractivity contribution in [2.24, 2.45) is 5.92 Å². The van der Waals surface area contributed by atoms with Gasteiger partial charge in [-0.25, -0.2) is 4.98 Å². The van der Waals surface area contributed by atoms with Gasteiger partial charge in [-0.15, -0.1) is 0 Å². The van der Waals surface area contributed by atoms with Crippen LogP contribution in [0.25, 0.3) is 16.9 Å². The molecule has 6 rings (SSSR count). The van der Waals surface area contributed by atoms with Crippen molar-refractivity contribution in [3.05, 3.63) is 101 Å². The predicted molar refractivity (Wildman–Crippen MR) is 167 cm³/mol. The highest BCUT2D eigenvalue weighted by Gasteiger charge is 2.22. The van der Waals surface area contributed by atoms with Crippen molar-refractivity contribution >= 4 is 59.7 Å². The molecule has 1 fully saturated rings. The highest BCUT2D eigenvalue weighted by Crippen LogP contribution is 2.33. The Morgan fingerprint density at radius 3 is 2.65 bits per heavy atom. The van der Waals surface area contributed by atoms with Crippen LogP contribution in [-0.2, 0) is 6.54 Å². The van der Waals surface area contributed by atoms with Crippen LogP contribution in [0, 0.1) is 5.92 Å². The fourth-order valence-corrected chi connectivity index (χ4v) is 6.52. The minimum absolute atomic E-state index is 0.504. The van der Waals surface area contributed by atoms with E-state index in [4.69, 9.17) is 36.0 Å². The van der Waals surface area contributed by atoms with E-state index in [-0.39, 0.29) is 0 Å². The van der Waals surface area contributed by atoms with E-state index in [1.165, 1.54) is 28.2 Å². The Morgan fingerprint density at radius 2 is 1.80 bits per heavy atom. The van der Waals surface area contributed by atoms with Crippen LogP contribution in [0.2, 0.25) is 10.0 Å². The van der Waals surface area contributed by atoms with Crippen molar-refractivity contribution in [2.45, 2.75) is 29.2 Å². The van der Waals surface area contributed by atoms with Gasteiger partial charge >= 0.3 is 0 Å². The van der Waals surface area contributed by atoms with E-state index in [2.05, 4.69) is 51.7 Å². The maximum atomic E-state index is 6.49. The van der Waals surface area contributed by atoms with Crippen LogP contribution >= 0.6 is 35.0 Å². The van der Waals surface area contributed by atoms with Gasteiger partial charge in [-0.3, -0.25) is 4.90 Å². The van der Waals surface area contributed by atoms with E-state index in [9.17, 15) is 0 Å². The first-order valence-corrected chi connectivity index (χ1v) is 15.0. The maximum absolute atomic E-state index is 6.49. The third kappa shape index (κ3) is 6.18. The lowest BCUT2D eigenvalue weighted by atomic mass is 9.97. The van der Waals surface area contributed by atoms with Crippen molar-refractivity contribution in [3.63, 3.8) is 0 Å². The number of nitrogens with zero attached hydrogens (tertiary/aromatic N) is 4. The first-order chi connectivity index (χ1) is 19.5. The molecule has 3 aromatic carbocycles. The van der Waals surface area contributed by atoms with Crippen molar-refractivity contribution in [1.82, 2.24) is 19.5 Å². The topological polar surface area (TPSA) is 45.5 Å². The van der Waals surface area contributed by atoms with Gasteiger partial charge in [0.05, 0.1) is 5.69 Å². The zero-order valence-electron chi connectivity index (χ0n) is 21.9. The number of anilines is 1. The molecule has 200 valence electrons. The van der Waals surface area contributed by atoms with Gasteiger partial charge in [0.2, 0.25) is 0 Å². The minimum Gasteiger partial charge on any atom is -0.370 e. The van der Waals surface area contributed by atoms with Gasteiger partial charge in [0.1, 0.15) is 13.7 Å². The standard InChI is InChI=1S/C31H28BCl2N5S/c32-26-18-36-39-30(16-28(37-31(26)39)25-8-2-3-9-27(25)34)35-17-21-6-5-15-38(19-21)20-22-7-1-4-10-29(22)40-24-13-11-23(33)12-14-24/h1-4,7-14,16,18,21,35H,5-6,15,17,19-20H2. The van der Waals surface area contributed by atoms with E-state index >= 15 is 0 Å². The van der Waals surface area contributed by atoms with Crippen molar-refractivity contribution in [3.8, 4) is 11.3 Å². The van der Waals surface area contributed by atoms with Gasteiger partial charge in [-0.05, 0) is 72.7 Å². The molecule has 5 nitrogen and oxygen atoms in total. The molecule has 0 saturated carbocycles. The SMILES string of the molecule is [B]c1cnn2c(NCC3CCCN(Cc4ccccc4Sc4ccc(Cl)cc4)C3)cc(-c3ccccc3Cl)nc12. The van der Waals surface area contributed by atoms with Crippen LogP contribution in [0.3, 0.4) is 0 Å². The average Bonchev–Trinajstić information content (AvgIpc) is 3.35. The van der Waals surface area contributed by atoms with Gasteiger partial charge in [-0.1, -0.05) is 71.4 Å². The van der Waals surface area contributed by atoms with Crippen LogP contribution in [0.15, 0.2) is 94.9 Å². The van der Waals surface area contributed by atoms with E-state index in [1.807, 2.05) is 42.5 Å². The number of halogens is 2. The zero-order chi connectivity index (χ0) is 27.5. The molecule has 1 unspecified atom stereocenters. The molecule has 1 aliphatic rings. The molecule has 0 bridgehead atoms. The van der Waals surface area contributed by atoms with Crippen molar-refractivity contribution < 1.29 is 0 Å². The molecule has 2 radical (unpaired) electrons. The number of nitrogens with one attached hydrogen (secondary N) is 1. The Morgan fingerprint density at radius 1 is 1.00 bits per heavy atom. The second-order valence-corrected chi connectivity index (χ2v) is 12.1. The Labute approximate surface area is 250 Å². The quantitative estimate of drug-likeness (QED) is 0.200. The molecule has 0 aliphatic carbocycles. The smallest absolute Gasteiger partial charge is 0.150 e. The van der Waals surface area contributed by atoms with Gasteiger partial charge in [0.25, 0.3) is 0 Å². The number of rotatable bonds is 8. The van der Waals surface area contributed by atoms with Gasteiger partial charge in [0.15, 0.2) is 5.65 Å². The van der Waals surface area contributed by atoms with Gasteiger partial charge in [-0.2, -0.15) is 9.61 Å². The average molecular weight is 584 g/mol. The summed E-state index contributed by atoms with van der Waals surface area (Å²) in [6, 6.07) is 26.5. The summed E-state index contributed by atoms with van der Waals surface area (Å²) in [6.45, 7) is 3.89. The van der Waals surface area contributed by atoms with Crippen molar-refractivity contribution in [1.29, 1.82) is 0 Å². The zero-order valence-corrected chi connectivity index (χ0v) is 24.3. The highest BCUT2D eigenvalue weighted by atomic mass is 35.5. The highest BCUT2D eigenvalue weighted by molar-refractivity contribution is 7.99. The fraction of sp³-hybridized carbons (Fsp3) is 0.226. The molecule has 2 aromatic heterocycles. The Bertz CT molecular complexity index is 1620. The molecular weight excluding hydrogens is 556 g/mol. The van der Waals surface area contributed by atoms with Crippen LogP contribution in [0.5, 0.6) is 0 Å². The van der Waals surface area contributed by atoms with Gasteiger partial charge in [0, 0.05) is 57.3 Å². The summed E-state index contributed by atoms with van der Waals surface area (Å²) in [5.74, 6) is 1.36. The summed E-state index contributed by atoms with van der Waals surface area (Å²) in [7, 11) is 6.21. The number of piperidine rings is 1. The minimum atomic E-state index is 0.504. The molecule has 0 amide bonds. The lowest BCUT2D eigenvalue weighted by Crippen LogP contribution is -2.37. The lowest BCUT2D eigenvalue weighted by molar-refractivity contribution is 0.172. The van der Waals surface area contributed by atoms with Crippen LogP contribution in [0.4, 0.5) is 5.82 Å². The number of likely N-dealkylation sites (tertiary alicyclic amines) is 1. The normalized spacial score (nSPS) is 15.9. The van der Waals surface area contributed by atoms with Crippen molar-refractivity contribution in [2.75, 3.05) is 25.0 Å². The summed E-state index contributed by atoms with van der Waals surface area (Å²) in [5.41, 5.74) is 4.15. The summed E-state index contributed by atoms with van der Waals surface area (Å²) in [5, 5.41) is 9.54. The van der Waals surface area contributed by atoms with E-state index in [0.29, 0.717) is 22.1 Å². The number of hydrogen-bond acceptors (Lipinski definition) is 5. The van der Waals surface area contributed by atoms with E-state index in [1.54, 1.807) is 22.5 Å². The van der Waals surface area contributed by atoms with E-state index < -0.39 is 0 Å². The molecule has 9 heteroatoms. The van der Waals surface area contributed by atoms with Crippen LogP contribution in [0.1, 0.15) is 18.4 Å². The monoisotopic (exact) mass is 583 g/mol. The number of fused-ring (bicyclic) bond motifs is 1. The summed E-state index contributed by atoms with van der Waals surface area (Å²) in [4.78, 5) is 9.80. The molecule has 3 heterocycles. The van der Waals surface area contributed by atoms with Crippen LogP contribution < -0.4 is 10.8 Å². The Kier molecular flexibility index (Phi) is 8.35. The molecule has 5 aromatic rings. The number of benzene rings is 3. The van der Waals surface area contributed by atoms with Gasteiger partial charge < -0.3 is 5.32 Å². The second-order valence-electron chi connectivity index (χ2n) is 10.1. The summed E-state index contributed by atoms with van der Waals surface area (Å²) in [6.07, 6.45) is 3.99. The second kappa shape index (κ2) is 12.3. The predicted octanol–water partition coefficient (Wildman–Crippen LogP) is 6.97. The summed E-state index contributed by atoms with van der Waals surface area (Å²) >= 11 is 14.4. The first kappa shape index (κ1) is 27.2. The molecule has 1 saturated heterocycles. The number of aromatic nitrogens is 3. The lowest BCUT2D eigenvalue weighted by Gasteiger charge is -2.33. The molecule has 1 aliphatic heterocycles. The maximum Gasteiger partial charge on any atom is 0.150 e. The third-order valence-electron chi connectivity index (χ3n) is 7.23. The molecule has 40 heavy (non-hydrogen) atoms. The third-order valence-corrected chi connectivity index (χ3v) is 8.94. The molecule has 0 spiro atoms. The summed E-state index contributed by atoms with van der Waals surface area (Å²) < 4.78 is 1.78. The first-order valence-electron chi connectivity index (χ1n) is 13.4. The molecule has 1 N–H and O–H groups in total. The molecule has 1 atom stereocenters. The molecular formula is C31H28BCl2N5S. The Hall–Kier alpha value is -2.97.